The molecule has 3 aromatic rings. The van der Waals surface area contributed by atoms with Crippen LogP contribution < -0.4 is 9.64 Å². The first-order chi connectivity index (χ1) is 18.7. The van der Waals surface area contributed by atoms with Crippen molar-refractivity contribution in [1.82, 2.24) is 4.90 Å². The van der Waals surface area contributed by atoms with E-state index in [2.05, 4.69) is 15.9 Å². The summed E-state index contributed by atoms with van der Waals surface area (Å²) in [4.78, 5) is 55.9. The van der Waals surface area contributed by atoms with Crippen molar-refractivity contribution in [2.75, 3.05) is 12.0 Å². The maximum atomic E-state index is 14.1. The summed E-state index contributed by atoms with van der Waals surface area (Å²) in [6.07, 6.45) is 3.69. The molecule has 3 aliphatic rings. The average molecular weight is 588 g/mol. The Morgan fingerprint density at radius 3 is 2.46 bits per heavy atom. The van der Waals surface area contributed by atoms with Gasteiger partial charge in [-0.15, -0.1) is 0 Å². The van der Waals surface area contributed by atoms with Gasteiger partial charge in [0, 0.05) is 23.9 Å². The topological polar surface area (TPSA) is 110 Å². The summed E-state index contributed by atoms with van der Waals surface area (Å²) in [6.45, 7) is 1.62. The zero-order valence-electron chi connectivity index (χ0n) is 20.9. The number of ether oxygens (including phenoxy) is 1. The van der Waals surface area contributed by atoms with Crippen LogP contribution in [-0.4, -0.2) is 40.6 Å². The molecule has 3 heterocycles. The lowest BCUT2D eigenvalue weighted by atomic mass is 9.83. The molecular weight excluding hydrogens is 566 g/mol. The number of nitro benzene ring substituents is 1. The van der Waals surface area contributed by atoms with E-state index >= 15 is 0 Å². The van der Waals surface area contributed by atoms with Crippen molar-refractivity contribution in [3.8, 4) is 5.75 Å². The predicted octanol–water partition coefficient (Wildman–Crippen LogP) is 5.07. The normalized spacial score (nSPS) is 22.9. The molecule has 0 unspecified atom stereocenters. The van der Waals surface area contributed by atoms with E-state index in [1.165, 1.54) is 25.3 Å². The number of non-ortho nitro benzene ring substituents is 1. The third-order valence-electron chi connectivity index (χ3n) is 7.80. The molecule has 0 aliphatic carbocycles. The highest BCUT2D eigenvalue weighted by Gasteiger charge is 2.64. The third kappa shape index (κ3) is 3.69. The number of Topliss-reactive ketones (excluding diaryl/α,β-unsaturated/α-hetero) is 1. The van der Waals surface area contributed by atoms with Crippen LogP contribution in [0.1, 0.15) is 33.1 Å². The quantitative estimate of drug-likeness (QED) is 0.177. The molecule has 2 fully saturated rings. The molecule has 0 aromatic heterocycles. The second kappa shape index (κ2) is 9.16. The Bertz CT molecular complexity index is 1620. The standard InChI is InChI=1S/C29H22BrN3O6/c1-15-13-18(33(37)38)8-9-21(15)32-28(35)23-24(29(32)36)26(27(34)17-7-10-22(39-2)20(30)14-17)31-12-11-16-5-3-4-6-19(16)25(23)31/h3-14,23-26H,1-2H3/t23-,24+,25+,26-/m1/s1. The maximum absolute atomic E-state index is 14.1. The Kier molecular flexibility index (Phi) is 5.87. The molecule has 196 valence electrons. The van der Waals surface area contributed by atoms with Crippen molar-refractivity contribution in [3.63, 3.8) is 0 Å². The zero-order chi connectivity index (χ0) is 27.6. The van der Waals surface area contributed by atoms with Gasteiger partial charge in [-0.25, -0.2) is 4.90 Å². The SMILES string of the molecule is COc1ccc(C(=O)[C@H]2[C@H]3C(=O)N(c4ccc([N+](=O)[O-])cc4C)C(=O)[C@H]3[C@@H]3c4ccccc4C=CN23)cc1Br. The van der Waals surface area contributed by atoms with Crippen LogP contribution in [0.25, 0.3) is 6.08 Å². The number of ketones is 1. The minimum Gasteiger partial charge on any atom is -0.496 e. The van der Waals surface area contributed by atoms with Crippen LogP contribution in [0.4, 0.5) is 11.4 Å². The van der Waals surface area contributed by atoms with Crippen molar-refractivity contribution in [3.05, 3.63) is 104 Å². The molecule has 0 radical (unpaired) electrons. The number of benzene rings is 3. The van der Waals surface area contributed by atoms with Gasteiger partial charge in [0.1, 0.15) is 11.8 Å². The lowest BCUT2D eigenvalue weighted by Crippen LogP contribution is -2.44. The number of rotatable bonds is 5. The van der Waals surface area contributed by atoms with Crippen molar-refractivity contribution in [2.24, 2.45) is 11.8 Å². The van der Waals surface area contributed by atoms with Crippen molar-refractivity contribution in [2.45, 2.75) is 19.0 Å². The van der Waals surface area contributed by atoms with Gasteiger partial charge in [-0.3, -0.25) is 24.5 Å². The molecule has 0 bridgehead atoms. The number of hydrogen-bond acceptors (Lipinski definition) is 7. The second-order valence-electron chi connectivity index (χ2n) is 9.79. The molecule has 0 N–H and O–H groups in total. The van der Waals surface area contributed by atoms with E-state index in [0.29, 0.717) is 21.3 Å². The Morgan fingerprint density at radius 2 is 1.77 bits per heavy atom. The number of carbonyl (C=O) groups is 3. The summed E-state index contributed by atoms with van der Waals surface area (Å²) in [5.74, 6) is -2.40. The van der Waals surface area contributed by atoms with Gasteiger partial charge in [0.2, 0.25) is 11.8 Å². The monoisotopic (exact) mass is 587 g/mol. The van der Waals surface area contributed by atoms with E-state index in [9.17, 15) is 24.5 Å². The van der Waals surface area contributed by atoms with Crippen LogP contribution in [0.2, 0.25) is 0 Å². The fourth-order valence-electron chi connectivity index (χ4n) is 6.09. The number of fused-ring (bicyclic) bond motifs is 5. The predicted molar refractivity (Wildman–Crippen MR) is 146 cm³/mol. The zero-order valence-corrected chi connectivity index (χ0v) is 22.5. The number of imide groups is 1. The fraction of sp³-hybridized carbons (Fsp3) is 0.207. The lowest BCUT2D eigenvalue weighted by Gasteiger charge is -2.35. The van der Waals surface area contributed by atoms with Crippen molar-refractivity contribution in [1.29, 1.82) is 0 Å². The Balaban J connectivity index is 1.48. The van der Waals surface area contributed by atoms with Crippen LogP contribution in [0.15, 0.2) is 71.3 Å². The highest BCUT2D eigenvalue weighted by molar-refractivity contribution is 9.10. The van der Waals surface area contributed by atoms with Gasteiger partial charge in [-0.1, -0.05) is 24.3 Å². The molecule has 0 spiro atoms. The van der Waals surface area contributed by atoms with Crippen LogP contribution in [0.3, 0.4) is 0 Å². The van der Waals surface area contributed by atoms with Crippen LogP contribution >= 0.6 is 15.9 Å². The first-order valence-corrected chi connectivity index (χ1v) is 13.1. The smallest absolute Gasteiger partial charge is 0.269 e. The maximum Gasteiger partial charge on any atom is 0.269 e. The number of amides is 2. The number of aryl methyl sites for hydroxylation is 1. The molecule has 3 aromatic carbocycles. The third-order valence-corrected chi connectivity index (χ3v) is 8.42. The molecule has 10 heteroatoms. The fourth-order valence-corrected chi connectivity index (χ4v) is 6.63. The van der Waals surface area contributed by atoms with Crippen molar-refractivity contribution < 1.29 is 24.0 Å². The molecule has 39 heavy (non-hydrogen) atoms. The van der Waals surface area contributed by atoms with E-state index in [1.807, 2.05) is 35.2 Å². The number of halogens is 1. The second-order valence-corrected chi connectivity index (χ2v) is 10.6. The van der Waals surface area contributed by atoms with E-state index < -0.39 is 40.7 Å². The highest BCUT2D eigenvalue weighted by Crippen LogP contribution is 2.54. The molecule has 4 atom stereocenters. The van der Waals surface area contributed by atoms with E-state index in [4.69, 9.17) is 4.74 Å². The number of anilines is 1. The summed E-state index contributed by atoms with van der Waals surface area (Å²) < 4.78 is 5.90. The minimum atomic E-state index is -0.943. The van der Waals surface area contributed by atoms with Gasteiger partial charge in [0.15, 0.2) is 5.78 Å². The summed E-state index contributed by atoms with van der Waals surface area (Å²) in [7, 11) is 1.53. The summed E-state index contributed by atoms with van der Waals surface area (Å²) in [5, 5.41) is 11.3. The van der Waals surface area contributed by atoms with E-state index in [1.54, 1.807) is 31.3 Å². The Morgan fingerprint density at radius 1 is 1.03 bits per heavy atom. The van der Waals surface area contributed by atoms with Gasteiger partial charge in [0.25, 0.3) is 5.69 Å². The molecular formula is C29H22BrN3O6. The molecule has 9 nitrogen and oxygen atoms in total. The molecule has 0 saturated carbocycles. The lowest BCUT2D eigenvalue weighted by molar-refractivity contribution is -0.384. The molecule has 6 rings (SSSR count). The van der Waals surface area contributed by atoms with Crippen LogP contribution in [0.5, 0.6) is 5.75 Å². The van der Waals surface area contributed by atoms with Gasteiger partial charge in [-0.2, -0.15) is 0 Å². The molecule has 2 amide bonds. The number of nitro groups is 1. The van der Waals surface area contributed by atoms with Gasteiger partial charge < -0.3 is 9.64 Å². The van der Waals surface area contributed by atoms with Gasteiger partial charge in [0.05, 0.1) is 40.1 Å². The van der Waals surface area contributed by atoms with E-state index in [-0.39, 0.29) is 17.2 Å². The minimum absolute atomic E-state index is 0.133. The van der Waals surface area contributed by atoms with Crippen LogP contribution in [-0.2, 0) is 9.59 Å². The number of nitrogens with zero attached hydrogens (tertiary/aromatic N) is 3. The van der Waals surface area contributed by atoms with Gasteiger partial charge in [-0.05, 0) is 69.9 Å². The van der Waals surface area contributed by atoms with Crippen molar-refractivity contribution >= 4 is 51.0 Å². The van der Waals surface area contributed by atoms with Gasteiger partial charge >= 0.3 is 0 Å². The van der Waals surface area contributed by atoms with Crippen LogP contribution in [0, 0.1) is 28.9 Å². The molecule has 3 aliphatic heterocycles. The number of hydrogen-bond donors (Lipinski definition) is 0. The molecule has 2 saturated heterocycles. The summed E-state index contributed by atoms with van der Waals surface area (Å²) in [6, 6.07) is 15.2. The average Bonchev–Trinajstić information content (AvgIpc) is 3.40. The number of methoxy groups -OCH3 is 1. The summed E-state index contributed by atoms with van der Waals surface area (Å²) in [5.41, 5.74) is 2.74. The largest absolute Gasteiger partial charge is 0.496 e. The Labute approximate surface area is 231 Å². The highest BCUT2D eigenvalue weighted by atomic mass is 79.9. The number of carbonyl (C=O) groups excluding carboxylic acids is 3. The van der Waals surface area contributed by atoms with E-state index in [0.717, 1.165) is 16.0 Å². The Hall–Kier alpha value is -4.31. The summed E-state index contributed by atoms with van der Waals surface area (Å²) >= 11 is 3.43. The first kappa shape index (κ1) is 25.0. The first-order valence-electron chi connectivity index (χ1n) is 12.3.